The summed E-state index contributed by atoms with van der Waals surface area (Å²) in [6.45, 7) is -0.0230. The fourth-order valence-electron chi connectivity index (χ4n) is 1.29. The summed E-state index contributed by atoms with van der Waals surface area (Å²) in [4.78, 5) is 0.0447. The monoisotopic (exact) mass is 269 g/mol. The van der Waals surface area contributed by atoms with Crippen LogP contribution < -0.4 is 9.46 Å². The van der Waals surface area contributed by atoms with Crippen LogP contribution in [0.25, 0.3) is 0 Å². The van der Waals surface area contributed by atoms with Gasteiger partial charge in [0.1, 0.15) is 10.6 Å². The summed E-state index contributed by atoms with van der Waals surface area (Å²) in [6.07, 6.45) is 0.347. The normalized spacial score (nSPS) is 10.6. The van der Waals surface area contributed by atoms with Crippen LogP contribution in [-0.2, 0) is 10.0 Å². The summed E-state index contributed by atoms with van der Waals surface area (Å²) in [5.74, 6) is 5.77. The van der Waals surface area contributed by atoms with Gasteiger partial charge in [0.15, 0.2) is 0 Å². The molecule has 0 bridgehead atoms. The summed E-state index contributed by atoms with van der Waals surface area (Å²) in [5, 5.41) is 8.62. The van der Waals surface area contributed by atoms with Gasteiger partial charge in [-0.15, -0.1) is 0 Å². The third-order valence-electron chi connectivity index (χ3n) is 2.19. The summed E-state index contributed by atoms with van der Waals surface area (Å²) < 4.78 is 30.8. The Morgan fingerprint density at radius 1 is 1.44 bits per heavy atom. The number of ether oxygens (including phenoxy) is 1. The van der Waals surface area contributed by atoms with Gasteiger partial charge in [0.05, 0.1) is 13.7 Å². The topological polar surface area (TPSA) is 75.6 Å². The Labute approximate surface area is 107 Å². The molecule has 18 heavy (non-hydrogen) atoms. The predicted molar refractivity (Wildman–Crippen MR) is 67.8 cm³/mol. The number of hydrogen-bond donors (Lipinski definition) is 2. The largest absolute Gasteiger partial charge is 0.495 e. The van der Waals surface area contributed by atoms with Crippen LogP contribution in [0.5, 0.6) is 5.75 Å². The van der Waals surface area contributed by atoms with Crippen LogP contribution in [-0.4, -0.2) is 34.3 Å². The Morgan fingerprint density at radius 2 is 2.17 bits per heavy atom. The van der Waals surface area contributed by atoms with Gasteiger partial charge in [0, 0.05) is 12.0 Å². The molecule has 0 aromatic heterocycles. The van der Waals surface area contributed by atoms with Crippen LogP contribution in [0, 0.1) is 11.8 Å². The highest BCUT2D eigenvalue weighted by Crippen LogP contribution is 2.24. The number of methoxy groups -OCH3 is 1. The first kappa shape index (κ1) is 14.5. The van der Waals surface area contributed by atoms with Crippen molar-refractivity contribution in [3.8, 4) is 17.6 Å². The molecular weight excluding hydrogens is 254 g/mol. The molecule has 1 aromatic carbocycles. The number of nitrogens with one attached hydrogen (secondary N) is 1. The summed E-state index contributed by atoms with van der Waals surface area (Å²) in [7, 11) is -0.850. The molecule has 0 atom stereocenters. The molecule has 6 heteroatoms. The fourth-order valence-corrected chi connectivity index (χ4v) is 2.21. The Balaban J connectivity index is 3.24. The van der Waals surface area contributed by atoms with E-state index in [0.717, 1.165) is 0 Å². The molecule has 5 nitrogen and oxygen atoms in total. The van der Waals surface area contributed by atoms with E-state index in [9.17, 15) is 8.42 Å². The van der Waals surface area contributed by atoms with Gasteiger partial charge < -0.3 is 9.84 Å². The molecule has 0 saturated carbocycles. The number of aliphatic hydroxyl groups is 1. The van der Waals surface area contributed by atoms with Crippen molar-refractivity contribution < 1.29 is 18.3 Å². The van der Waals surface area contributed by atoms with Gasteiger partial charge >= 0.3 is 0 Å². The van der Waals surface area contributed by atoms with Gasteiger partial charge in [0.25, 0.3) is 0 Å². The number of benzene rings is 1. The molecular formula is C12H15NO4S. The first-order chi connectivity index (χ1) is 8.55. The average Bonchev–Trinajstić information content (AvgIpc) is 2.39. The Hall–Kier alpha value is -1.55. The van der Waals surface area contributed by atoms with Crippen molar-refractivity contribution in [2.24, 2.45) is 0 Å². The van der Waals surface area contributed by atoms with E-state index in [2.05, 4.69) is 16.6 Å². The third kappa shape index (κ3) is 3.47. The zero-order chi connectivity index (χ0) is 13.6. The van der Waals surface area contributed by atoms with Crippen LogP contribution in [0.1, 0.15) is 12.0 Å². The second-order valence-corrected chi connectivity index (χ2v) is 5.20. The van der Waals surface area contributed by atoms with Gasteiger partial charge in [0.2, 0.25) is 10.0 Å². The molecule has 0 aliphatic rings. The Kier molecular flexibility index (Phi) is 5.16. The van der Waals surface area contributed by atoms with Gasteiger partial charge in [-0.05, 0) is 25.2 Å². The maximum absolute atomic E-state index is 11.8. The highest BCUT2D eigenvalue weighted by molar-refractivity contribution is 7.89. The molecule has 0 unspecified atom stereocenters. The molecule has 98 valence electrons. The molecule has 0 radical (unpaired) electrons. The molecule has 0 heterocycles. The van der Waals surface area contributed by atoms with Crippen LogP contribution in [0.2, 0.25) is 0 Å². The zero-order valence-corrected chi connectivity index (χ0v) is 11.0. The predicted octanol–water partition coefficient (Wildman–Crippen LogP) is 0.337. The van der Waals surface area contributed by atoms with E-state index in [1.807, 2.05) is 0 Å². The third-order valence-corrected chi connectivity index (χ3v) is 3.63. The summed E-state index contributed by atoms with van der Waals surface area (Å²) >= 11 is 0. The molecule has 0 aliphatic carbocycles. The van der Waals surface area contributed by atoms with Crippen LogP contribution in [0.4, 0.5) is 0 Å². The van der Waals surface area contributed by atoms with E-state index in [0.29, 0.717) is 12.0 Å². The van der Waals surface area contributed by atoms with E-state index in [4.69, 9.17) is 9.84 Å². The maximum Gasteiger partial charge on any atom is 0.244 e. The van der Waals surface area contributed by atoms with Crippen LogP contribution in [0.3, 0.4) is 0 Å². The number of sulfonamides is 1. The quantitative estimate of drug-likeness (QED) is 0.773. The maximum atomic E-state index is 11.8. The Morgan fingerprint density at radius 3 is 2.72 bits per heavy atom. The lowest BCUT2D eigenvalue weighted by Crippen LogP contribution is -2.19. The van der Waals surface area contributed by atoms with E-state index in [-0.39, 0.29) is 17.3 Å². The lowest BCUT2D eigenvalue weighted by atomic mass is 10.2. The van der Waals surface area contributed by atoms with Crippen molar-refractivity contribution in [3.63, 3.8) is 0 Å². The molecule has 0 fully saturated rings. The molecule has 1 aromatic rings. The average molecular weight is 269 g/mol. The standard InChI is InChI=1S/C12H15NO4S/c1-13-18(15,16)12-9-10(5-3-4-8-14)6-7-11(12)17-2/h6-7,9,13-14H,4,8H2,1-2H3. The molecule has 0 amide bonds. The molecule has 1 rings (SSSR count). The van der Waals surface area contributed by atoms with Crippen LogP contribution in [0.15, 0.2) is 23.1 Å². The van der Waals surface area contributed by atoms with Crippen LogP contribution >= 0.6 is 0 Å². The second kappa shape index (κ2) is 6.40. The smallest absolute Gasteiger partial charge is 0.244 e. The van der Waals surface area contributed by atoms with Crippen molar-refractivity contribution in [3.05, 3.63) is 23.8 Å². The van der Waals surface area contributed by atoms with Crippen molar-refractivity contribution >= 4 is 10.0 Å². The SMILES string of the molecule is CNS(=O)(=O)c1cc(C#CCCO)ccc1OC. The molecule has 0 spiro atoms. The Bertz CT molecular complexity index is 569. The second-order valence-electron chi connectivity index (χ2n) is 3.35. The summed E-state index contributed by atoms with van der Waals surface area (Å²) in [6, 6.07) is 4.65. The zero-order valence-electron chi connectivity index (χ0n) is 10.2. The molecule has 2 N–H and O–H groups in total. The van der Waals surface area contributed by atoms with E-state index >= 15 is 0 Å². The van der Waals surface area contributed by atoms with Crippen molar-refractivity contribution in [1.29, 1.82) is 0 Å². The summed E-state index contributed by atoms with van der Waals surface area (Å²) in [5.41, 5.74) is 0.554. The van der Waals surface area contributed by atoms with E-state index < -0.39 is 10.0 Å². The first-order valence-corrected chi connectivity index (χ1v) is 6.74. The first-order valence-electron chi connectivity index (χ1n) is 5.26. The van der Waals surface area contributed by atoms with E-state index in [1.54, 1.807) is 12.1 Å². The number of rotatable bonds is 4. The highest BCUT2D eigenvalue weighted by atomic mass is 32.2. The fraction of sp³-hybridized carbons (Fsp3) is 0.333. The molecule has 0 aliphatic heterocycles. The lowest BCUT2D eigenvalue weighted by Gasteiger charge is -2.08. The highest BCUT2D eigenvalue weighted by Gasteiger charge is 2.17. The minimum absolute atomic E-state index is 0.0230. The molecule has 0 saturated heterocycles. The minimum atomic E-state index is -3.59. The van der Waals surface area contributed by atoms with Crippen molar-refractivity contribution in [2.45, 2.75) is 11.3 Å². The van der Waals surface area contributed by atoms with Crippen molar-refractivity contribution in [2.75, 3.05) is 20.8 Å². The number of hydrogen-bond acceptors (Lipinski definition) is 4. The van der Waals surface area contributed by atoms with Gasteiger partial charge in [-0.3, -0.25) is 0 Å². The van der Waals surface area contributed by atoms with Gasteiger partial charge in [-0.1, -0.05) is 11.8 Å². The lowest BCUT2D eigenvalue weighted by molar-refractivity contribution is 0.305. The van der Waals surface area contributed by atoms with E-state index in [1.165, 1.54) is 20.2 Å². The number of aliphatic hydroxyl groups excluding tert-OH is 1. The van der Waals surface area contributed by atoms with Gasteiger partial charge in [-0.2, -0.15) is 0 Å². The minimum Gasteiger partial charge on any atom is -0.495 e. The van der Waals surface area contributed by atoms with Gasteiger partial charge in [-0.25, -0.2) is 13.1 Å². The van der Waals surface area contributed by atoms with Crippen molar-refractivity contribution in [1.82, 2.24) is 4.72 Å².